The molecule has 1 saturated heterocycles. The van der Waals surface area contributed by atoms with Gasteiger partial charge in [0.15, 0.2) is 6.29 Å². The van der Waals surface area contributed by atoms with Crippen LogP contribution in [-0.2, 0) is 15.9 Å². The quantitative estimate of drug-likeness (QED) is 0.305. The first-order valence-corrected chi connectivity index (χ1v) is 15.0. The second-order valence-corrected chi connectivity index (χ2v) is 12.0. The van der Waals surface area contributed by atoms with Crippen LogP contribution in [-0.4, -0.2) is 38.7 Å². The van der Waals surface area contributed by atoms with E-state index < -0.39 is 0 Å². The third-order valence-corrected chi connectivity index (χ3v) is 9.82. The topological polar surface area (TPSA) is 41.9 Å². The summed E-state index contributed by atoms with van der Waals surface area (Å²) < 4.78 is 11.1. The molecule has 6 rings (SSSR count). The van der Waals surface area contributed by atoms with Crippen LogP contribution in [0.5, 0.6) is 5.75 Å². The Morgan fingerprint density at radius 1 is 0.872 bits per heavy atom. The van der Waals surface area contributed by atoms with Crippen molar-refractivity contribution in [1.29, 1.82) is 0 Å². The van der Waals surface area contributed by atoms with Gasteiger partial charge in [-0.1, -0.05) is 67.8 Å². The number of ether oxygens (including phenoxy) is 2. The van der Waals surface area contributed by atoms with E-state index in [-0.39, 0.29) is 6.29 Å². The zero-order chi connectivity index (χ0) is 26.8. The van der Waals surface area contributed by atoms with Crippen molar-refractivity contribution in [1.82, 2.24) is 0 Å². The fourth-order valence-corrected chi connectivity index (χ4v) is 7.44. The number of methoxy groups -OCH3 is 2. The SMILES string of the molecule is COC(OC)C1CCN(c2ccc([C@@H]3c4ccc(-c5ccccc5O)cc4CC[C@@H]3CC3CCC3)cc2)CC1. The number of piperidine rings is 1. The summed E-state index contributed by atoms with van der Waals surface area (Å²) >= 11 is 0. The van der Waals surface area contributed by atoms with Gasteiger partial charge in [0, 0.05) is 50.4 Å². The van der Waals surface area contributed by atoms with Gasteiger partial charge in [-0.15, -0.1) is 0 Å². The van der Waals surface area contributed by atoms with Gasteiger partial charge in [-0.05, 0) is 84.4 Å². The van der Waals surface area contributed by atoms with E-state index in [0.717, 1.165) is 49.4 Å². The number of rotatable bonds is 8. The molecule has 0 bridgehead atoms. The van der Waals surface area contributed by atoms with E-state index in [4.69, 9.17) is 9.47 Å². The molecule has 3 aromatic carbocycles. The van der Waals surface area contributed by atoms with Crippen molar-refractivity contribution in [2.75, 3.05) is 32.2 Å². The molecule has 0 amide bonds. The largest absolute Gasteiger partial charge is 0.507 e. The van der Waals surface area contributed by atoms with E-state index in [2.05, 4.69) is 47.4 Å². The van der Waals surface area contributed by atoms with Crippen LogP contribution in [0.2, 0.25) is 0 Å². The predicted octanol–water partition coefficient (Wildman–Crippen LogP) is 7.78. The Morgan fingerprint density at radius 3 is 2.28 bits per heavy atom. The van der Waals surface area contributed by atoms with Gasteiger partial charge in [0.25, 0.3) is 0 Å². The number of aryl methyl sites for hydroxylation is 1. The molecule has 1 saturated carbocycles. The highest BCUT2D eigenvalue weighted by atomic mass is 16.7. The summed E-state index contributed by atoms with van der Waals surface area (Å²) in [6.45, 7) is 2.08. The van der Waals surface area contributed by atoms with Crippen LogP contribution >= 0.6 is 0 Å². The minimum absolute atomic E-state index is 0.0973. The summed E-state index contributed by atoms with van der Waals surface area (Å²) in [6.07, 6.45) is 10.0. The van der Waals surface area contributed by atoms with Gasteiger partial charge >= 0.3 is 0 Å². The predicted molar refractivity (Wildman–Crippen MR) is 158 cm³/mol. The van der Waals surface area contributed by atoms with Crippen molar-refractivity contribution in [3.63, 3.8) is 0 Å². The molecule has 2 aliphatic carbocycles. The number of hydrogen-bond donors (Lipinski definition) is 1. The molecule has 4 heteroatoms. The number of nitrogens with zero attached hydrogens (tertiary/aromatic N) is 1. The Kier molecular flexibility index (Phi) is 7.95. The Morgan fingerprint density at radius 2 is 1.62 bits per heavy atom. The van der Waals surface area contributed by atoms with Crippen LogP contribution in [0.15, 0.2) is 66.7 Å². The first-order chi connectivity index (χ1) is 19.1. The van der Waals surface area contributed by atoms with Gasteiger partial charge < -0.3 is 19.5 Å². The molecule has 2 fully saturated rings. The van der Waals surface area contributed by atoms with E-state index in [1.54, 1.807) is 20.3 Å². The number of benzene rings is 3. The molecule has 4 nitrogen and oxygen atoms in total. The maximum atomic E-state index is 10.5. The van der Waals surface area contributed by atoms with Crippen molar-refractivity contribution in [3.8, 4) is 16.9 Å². The fourth-order valence-electron chi connectivity index (χ4n) is 7.44. The Hall–Kier alpha value is -2.82. The van der Waals surface area contributed by atoms with E-state index in [1.165, 1.54) is 54.5 Å². The summed E-state index contributed by atoms with van der Waals surface area (Å²) in [5, 5.41) is 10.5. The number of para-hydroxylation sites is 1. The van der Waals surface area contributed by atoms with E-state index in [1.807, 2.05) is 18.2 Å². The smallest absolute Gasteiger partial charge is 0.159 e. The number of fused-ring (bicyclic) bond motifs is 1. The van der Waals surface area contributed by atoms with Gasteiger partial charge in [0.2, 0.25) is 0 Å². The molecule has 3 aliphatic rings. The van der Waals surface area contributed by atoms with Gasteiger partial charge in [0.1, 0.15) is 5.75 Å². The van der Waals surface area contributed by atoms with E-state index in [0.29, 0.717) is 23.5 Å². The number of phenolic OH excluding ortho intramolecular Hbond substituents is 1. The van der Waals surface area contributed by atoms with E-state index >= 15 is 0 Å². The second-order valence-electron chi connectivity index (χ2n) is 12.0. The van der Waals surface area contributed by atoms with Gasteiger partial charge in [-0.25, -0.2) is 0 Å². The third-order valence-electron chi connectivity index (χ3n) is 9.82. The summed E-state index contributed by atoms with van der Waals surface area (Å²) in [4.78, 5) is 2.52. The molecule has 0 aromatic heterocycles. The standard InChI is InChI=1S/C35H43NO3/c1-38-35(39-2)26-18-20-36(21-19-26)30-15-12-25(13-16-30)34-29(22-24-6-5-7-24)11-10-28-23-27(14-17-32(28)34)31-8-3-4-9-33(31)37/h3-4,8-9,12-17,23-24,26,29,34-35,37H,5-7,10-11,18-22H2,1-2H3/t29-,34+/m1/s1. The average Bonchev–Trinajstić information content (AvgIpc) is 2.96. The van der Waals surface area contributed by atoms with Gasteiger partial charge in [-0.3, -0.25) is 0 Å². The minimum Gasteiger partial charge on any atom is -0.507 e. The lowest BCUT2D eigenvalue weighted by molar-refractivity contribution is -0.141. The lowest BCUT2D eigenvalue weighted by Crippen LogP contribution is -2.39. The maximum absolute atomic E-state index is 10.5. The van der Waals surface area contributed by atoms with Crippen molar-refractivity contribution >= 4 is 5.69 Å². The highest BCUT2D eigenvalue weighted by molar-refractivity contribution is 5.71. The third kappa shape index (κ3) is 5.47. The molecule has 3 aromatic rings. The van der Waals surface area contributed by atoms with Gasteiger partial charge in [0.05, 0.1) is 0 Å². The second kappa shape index (κ2) is 11.7. The monoisotopic (exact) mass is 525 g/mol. The number of anilines is 1. The van der Waals surface area contributed by atoms with Crippen LogP contribution in [0.1, 0.15) is 67.6 Å². The Bertz CT molecular complexity index is 1240. The number of hydrogen-bond acceptors (Lipinski definition) is 4. The molecule has 39 heavy (non-hydrogen) atoms. The molecule has 0 unspecified atom stereocenters. The summed E-state index contributed by atoms with van der Waals surface area (Å²) in [5.41, 5.74) is 7.75. The first-order valence-electron chi connectivity index (χ1n) is 15.0. The molecule has 206 valence electrons. The zero-order valence-corrected chi connectivity index (χ0v) is 23.5. The molecule has 1 aliphatic heterocycles. The Balaban J connectivity index is 1.25. The molecule has 1 heterocycles. The minimum atomic E-state index is -0.0973. The summed E-state index contributed by atoms with van der Waals surface area (Å²) in [7, 11) is 3.49. The average molecular weight is 526 g/mol. The van der Waals surface area contributed by atoms with Gasteiger partial charge in [-0.2, -0.15) is 0 Å². The van der Waals surface area contributed by atoms with Crippen molar-refractivity contribution < 1.29 is 14.6 Å². The first kappa shape index (κ1) is 26.4. The van der Waals surface area contributed by atoms with E-state index in [9.17, 15) is 5.11 Å². The fraction of sp³-hybridized carbons (Fsp3) is 0.486. The highest BCUT2D eigenvalue weighted by Crippen LogP contribution is 2.47. The molecular formula is C35H43NO3. The number of aromatic hydroxyl groups is 1. The van der Waals surface area contributed by atoms with Crippen LogP contribution in [0, 0.1) is 17.8 Å². The molecular weight excluding hydrogens is 482 g/mol. The van der Waals surface area contributed by atoms with Crippen molar-refractivity contribution in [2.24, 2.45) is 17.8 Å². The molecule has 0 spiro atoms. The molecule has 0 radical (unpaired) electrons. The van der Waals surface area contributed by atoms with Crippen LogP contribution in [0.3, 0.4) is 0 Å². The number of phenols is 1. The van der Waals surface area contributed by atoms with Crippen LogP contribution in [0.4, 0.5) is 5.69 Å². The lowest BCUT2D eigenvalue weighted by atomic mass is 9.66. The van der Waals surface area contributed by atoms with Crippen LogP contribution in [0.25, 0.3) is 11.1 Å². The van der Waals surface area contributed by atoms with Crippen LogP contribution < -0.4 is 4.90 Å². The highest BCUT2D eigenvalue weighted by Gasteiger charge is 2.34. The Labute approximate surface area is 234 Å². The molecule has 1 N–H and O–H groups in total. The molecule has 2 atom stereocenters. The summed E-state index contributed by atoms with van der Waals surface area (Å²) in [6, 6.07) is 24.1. The summed E-state index contributed by atoms with van der Waals surface area (Å²) in [5.74, 6) is 2.86. The van der Waals surface area contributed by atoms with Crippen molar-refractivity contribution in [3.05, 3.63) is 83.4 Å². The maximum Gasteiger partial charge on any atom is 0.159 e. The van der Waals surface area contributed by atoms with Crippen molar-refractivity contribution in [2.45, 2.75) is 63.6 Å². The lowest BCUT2D eigenvalue weighted by Gasteiger charge is -2.39. The normalized spacial score (nSPS) is 22.1. The zero-order valence-electron chi connectivity index (χ0n) is 23.5.